The minimum Gasteiger partial charge on any atom is -0.374 e. The first-order valence-corrected chi connectivity index (χ1v) is 5.92. The monoisotopic (exact) mass is 268 g/mol. The van der Waals surface area contributed by atoms with E-state index in [-0.39, 0.29) is 16.0 Å². The van der Waals surface area contributed by atoms with Gasteiger partial charge < -0.3 is 11.1 Å². The van der Waals surface area contributed by atoms with Gasteiger partial charge >= 0.3 is 0 Å². The average Bonchev–Trinajstić information content (AvgIpc) is 2.70. The molecule has 1 aromatic carbocycles. The van der Waals surface area contributed by atoms with Crippen molar-refractivity contribution in [2.24, 2.45) is 0 Å². The van der Waals surface area contributed by atoms with E-state index in [4.69, 9.17) is 17.3 Å². The summed E-state index contributed by atoms with van der Waals surface area (Å²) in [6.07, 6.45) is 0. The second kappa shape index (κ2) is 4.68. The van der Waals surface area contributed by atoms with E-state index in [2.05, 4.69) is 15.5 Å². The number of amides is 1. The van der Waals surface area contributed by atoms with Gasteiger partial charge in [-0.05, 0) is 24.6 Å². The lowest BCUT2D eigenvalue weighted by molar-refractivity contribution is 0.102. The van der Waals surface area contributed by atoms with E-state index in [9.17, 15) is 4.79 Å². The summed E-state index contributed by atoms with van der Waals surface area (Å²) in [5.41, 5.74) is 6.95. The van der Waals surface area contributed by atoms with E-state index in [0.717, 1.165) is 16.9 Å². The third-order valence-corrected chi connectivity index (χ3v) is 3.09. The number of nitrogens with two attached hydrogens (primary N) is 1. The van der Waals surface area contributed by atoms with Crippen LogP contribution < -0.4 is 11.1 Å². The molecule has 0 aliphatic heterocycles. The fourth-order valence-corrected chi connectivity index (χ4v) is 1.91. The van der Waals surface area contributed by atoms with Crippen molar-refractivity contribution in [1.29, 1.82) is 0 Å². The average molecular weight is 269 g/mol. The number of nitrogens with one attached hydrogen (secondary N) is 1. The number of carbonyl (C=O) groups is 1. The molecule has 1 aromatic heterocycles. The second-order valence-electron chi connectivity index (χ2n) is 3.38. The number of aryl methyl sites for hydroxylation is 1. The first kappa shape index (κ1) is 11.8. The molecule has 0 aliphatic carbocycles. The molecule has 0 bridgehead atoms. The Bertz CT molecular complexity index is 569. The Kier molecular flexibility index (Phi) is 3.26. The quantitative estimate of drug-likeness (QED) is 0.876. The number of aromatic nitrogens is 2. The van der Waals surface area contributed by atoms with Crippen LogP contribution >= 0.6 is 22.9 Å². The van der Waals surface area contributed by atoms with Gasteiger partial charge in [-0.2, -0.15) is 0 Å². The molecular formula is C10H9ClN4OS. The molecule has 0 radical (unpaired) electrons. The highest BCUT2D eigenvalue weighted by atomic mass is 35.5. The van der Waals surface area contributed by atoms with Gasteiger partial charge in [0.1, 0.15) is 0 Å². The van der Waals surface area contributed by atoms with Crippen LogP contribution in [-0.4, -0.2) is 16.1 Å². The molecule has 17 heavy (non-hydrogen) atoms. The fourth-order valence-electron chi connectivity index (χ4n) is 1.24. The van der Waals surface area contributed by atoms with Crippen LogP contribution in [0, 0.1) is 6.92 Å². The van der Waals surface area contributed by atoms with Gasteiger partial charge in [0.15, 0.2) is 0 Å². The van der Waals surface area contributed by atoms with E-state index in [1.165, 1.54) is 0 Å². The van der Waals surface area contributed by atoms with Crippen molar-refractivity contribution in [3.05, 3.63) is 33.8 Å². The Hall–Kier alpha value is -1.66. The van der Waals surface area contributed by atoms with Crippen molar-refractivity contribution in [3.63, 3.8) is 0 Å². The number of anilines is 2. The zero-order valence-corrected chi connectivity index (χ0v) is 10.5. The topological polar surface area (TPSA) is 80.9 Å². The van der Waals surface area contributed by atoms with Crippen molar-refractivity contribution < 1.29 is 4.79 Å². The van der Waals surface area contributed by atoms with Gasteiger partial charge in [-0.1, -0.05) is 29.0 Å². The van der Waals surface area contributed by atoms with Crippen LogP contribution in [-0.2, 0) is 0 Å². The molecule has 0 aliphatic rings. The van der Waals surface area contributed by atoms with Gasteiger partial charge in [0, 0.05) is 0 Å². The standard InChI is InChI=1S/C10H9ClN4OS/c1-5-2-3-6(11)7(4-5)13-8(16)9-14-15-10(12)17-9/h2-4H,1H3,(H2,12,15)(H,13,16). The fraction of sp³-hybridized carbons (Fsp3) is 0.100. The number of nitrogens with zero attached hydrogens (tertiary/aromatic N) is 2. The lowest BCUT2D eigenvalue weighted by atomic mass is 10.2. The number of benzene rings is 1. The molecule has 0 spiro atoms. The zero-order chi connectivity index (χ0) is 12.4. The van der Waals surface area contributed by atoms with Crippen molar-refractivity contribution in [1.82, 2.24) is 10.2 Å². The Labute approximate surface area is 107 Å². The first-order valence-electron chi connectivity index (χ1n) is 4.73. The lowest BCUT2D eigenvalue weighted by Gasteiger charge is -2.05. The van der Waals surface area contributed by atoms with Gasteiger partial charge in [-0.15, -0.1) is 10.2 Å². The predicted octanol–water partition coefficient (Wildman–Crippen LogP) is 2.33. The van der Waals surface area contributed by atoms with Crippen LogP contribution in [0.25, 0.3) is 0 Å². The normalized spacial score (nSPS) is 10.2. The van der Waals surface area contributed by atoms with E-state index in [0.29, 0.717) is 10.7 Å². The van der Waals surface area contributed by atoms with E-state index >= 15 is 0 Å². The summed E-state index contributed by atoms with van der Waals surface area (Å²) in [6, 6.07) is 5.37. The summed E-state index contributed by atoms with van der Waals surface area (Å²) in [5, 5.41) is 10.8. The smallest absolute Gasteiger partial charge is 0.286 e. The van der Waals surface area contributed by atoms with Gasteiger partial charge in [-0.25, -0.2) is 0 Å². The third kappa shape index (κ3) is 2.72. The summed E-state index contributed by atoms with van der Waals surface area (Å²) in [4.78, 5) is 11.8. The molecule has 0 atom stereocenters. The Morgan fingerprint density at radius 2 is 2.24 bits per heavy atom. The maximum absolute atomic E-state index is 11.8. The van der Waals surface area contributed by atoms with Crippen LogP contribution in [0.5, 0.6) is 0 Å². The largest absolute Gasteiger partial charge is 0.374 e. The van der Waals surface area contributed by atoms with Crippen LogP contribution in [0.4, 0.5) is 10.8 Å². The molecule has 5 nitrogen and oxygen atoms in total. The number of hydrogen-bond acceptors (Lipinski definition) is 5. The van der Waals surface area contributed by atoms with Crippen molar-refractivity contribution in [3.8, 4) is 0 Å². The summed E-state index contributed by atoms with van der Waals surface area (Å²) < 4.78 is 0. The Balaban J connectivity index is 2.21. The summed E-state index contributed by atoms with van der Waals surface area (Å²) >= 11 is 6.99. The molecule has 2 rings (SSSR count). The molecule has 0 saturated carbocycles. The highest BCUT2D eigenvalue weighted by Crippen LogP contribution is 2.23. The summed E-state index contributed by atoms with van der Waals surface area (Å²) in [6.45, 7) is 1.91. The molecule has 88 valence electrons. The van der Waals surface area contributed by atoms with Crippen LogP contribution in [0.15, 0.2) is 18.2 Å². The predicted molar refractivity (Wildman–Crippen MR) is 68.5 cm³/mol. The Morgan fingerprint density at radius 3 is 2.88 bits per heavy atom. The maximum atomic E-state index is 11.8. The molecular weight excluding hydrogens is 260 g/mol. The minimum atomic E-state index is -0.369. The second-order valence-corrected chi connectivity index (χ2v) is 4.80. The van der Waals surface area contributed by atoms with Crippen LogP contribution in [0.3, 0.4) is 0 Å². The number of rotatable bonds is 2. The minimum absolute atomic E-state index is 0.208. The summed E-state index contributed by atoms with van der Waals surface area (Å²) in [7, 11) is 0. The number of hydrogen-bond donors (Lipinski definition) is 2. The van der Waals surface area contributed by atoms with Crippen molar-refractivity contribution in [2.75, 3.05) is 11.1 Å². The highest BCUT2D eigenvalue weighted by Gasteiger charge is 2.13. The first-order chi connectivity index (χ1) is 8.06. The van der Waals surface area contributed by atoms with Crippen LogP contribution in [0.2, 0.25) is 5.02 Å². The SMILES string of the molecule is Cc1ccc(Cl)c(NC(=O)c2nnc(N)s2)c1. The molecule has 3 N–H and O–H groups in total. The number of nitrogen functional groups attached to an aromatic ring is 1. The van der Waals surface area contributed by atoms with E-state index in [1.54, 1.807) is 12.1 Å². The van der Waals surface area contributed by atoms with Crippen LogP contribution in [0.1, 0.15) is 15.4 Å². The molecule has 0 saturated heterocycles. The zero-order valence-electron chi connectivity index (χ0n) is 8.90. The summed E-state index contributed by atoms with van der Waals surface area (Å²) in [5.74, 6) is -0.369. The van der Waals surface area contributed by atoms with Gasteiger partial charge in [0.05, 0.1) is 10.7 Å². The van der Waals surface area contributed by atoms with Gasteiger partial charge in [-0.3, -0.25) is 4.79 Å². The highest BCUT2D eigenvalue weighted by molar-refractivity contribution is 7.17. The molecule has 0 fully saturated rings. The molecule has 1 heterocycles. The Morgan fingerprint density at radius 1 is 1.47 bits per heavy atom. The molecule has 0 unspecified atom stereocenters. The number of carbonyl (C=O) groups excluding carboxylic acids is 1. The lowest BCUT2D eigenvalue weighted by Crippen LogP contribution is -2.12. The molecule has 1 amide bonds. The van der Waals surface area contributed by atoms with E-state index in [1.807, 2.05) is 13.0 Å². The van der Waals surface area contributed by atoms with Gasteiger partial charge in [0.25, 0.3) is 5.91 Å². The molecule has 7 heteroatoms. The van der Waals surface area contributed by atoms with E-state index < -0.39 is 0 Å². The third-order valence-electron chi connectivity index (χ3n) is 2.00. The van der Waals surface area contributed by atoms with Crippen molar-refractivity contribution >= 4 is 39.7 Å². The number of halogens is 1. The van der Waals surface area contributed by atoms with Crippen molar-refractivity contribution in [2.45, 2.75) is 6.92 Å². The molecule has 2 aromatic rings. The maximum Gasteiger partial charge on any atom is 0.286 e. The van der Waals surface area contributed by atoms with Gasteiger partial charge in [0.2, 0.25) is 10.1 Å².